The van der Waals surface area contributed by atoms with Gasteiger partial charge in [0, 0.05) is 24.0 Å². The van der Waals surface area contributed by atoms with E-state index in [1.54, 1.807) is 0 Å². The Bertz CT molecular complexity index is 854. The average Bonchev–Trinajstić information content (AvgIpc) is 3.15. The van der Waals surface area contributed by atoms with Gasteiger partial charge in [-0.15, -0.1) is 0 Å². The fraction of sp³-hybridized carbons (Fsp3) is 0.250. The average molecular weight is 376 g/mol. The minimum absolute atomic E-state index is 0.0164. The summed E-state index contributed by atoms with van der Waals surface area (Å²) in [6.07, 6.45) is 4.74. The van der Waals surface area contributed by atoms with E-state index >= 15 is 0 Å². The predicted molar refractivity (Wildman–Crippen MR) is 96.8 cm³/mol. The highest BCUT2D eigenvalue weighted by Crippen LogP contribution is 2.34. The van der Waals surface area contributed by atoms with Gasteiger partial charge in [0.2, 0.25) is 5.91 Å². The highest BCUT2D eigenvalue weighted by atomic mass is 19.4. The second kappa shape index (κ2) is 7.84. The molecule has 2 atom stereocenters. The lowest BCUT2D eigenvalue weighted by molar-refractivity contribution is -0.137. The Balaban J connectivity index is 1.57. The molecule has 3 rings (SSSR count). The molecule has 0 bridgehead atoms. The van der Waals surface area contributed by atoms with E-state index < -0.39 is 17.6 Å². The number of nitrogens with zero attached hydrogens (tertiary/aromatic N) is 1. The van der Waals surface area contributed by atoms with Gasteiger partial charge in [0.1, 0.15) is 6.61 Å². The zero-order valence-corrected chi connectivity index (χ0v) is 14.6. The summed E-state index contributed by atoms with van der Waals surface area (Å²) in [6, 6.07) is 8.70. The number of amides is 1. The quantitative estimate of drug-likeness (QED) is 0.830. The van der Waals surface area contributed by atoms with Crippen LogP contribution in [-0.2, 0) is 15.7 Å². The fourth-order valence-electron chi connectivity index (χ4n) is 2.87. The first-order chi connectivity index (χ1) is 12.8. The number of hydrogen-bond donors (Lipinski definition) is 1. The SMILES string of the molecule is CC1C=C(n2cccc2)C=CC1OCC(=O)Nc1ccccc1C(F)(F)F. The predicted octanol–water partition coefficient (Wildman–Crippen LogP) is 4.58. The minimum atomic E-state index is -4.54. The number of anilines is 1. The molecule has 7 heteroatoms. The summed E-state index contributed by atoms with van der Waals surface area (Å²) < 4.78 is 46.5. The number of alkyl halides is 3. The van der Waals surface area contributed by atoms with Crippen LogP contribution in [0.5, 0.6) is 0 Å². The first kappa shape index (κ1) is 19.0. The number of benzene rings is 1. The van der Waals surface area contributed by atoms with Crippen LogP contribution in [0.3, 0.4) is 0 Å². The van der Waals surface area contributed by atoms with Gasteiger partial charge in [-0.05, 0) is 30.3 Å². The number of aromatic nitrogens is 1. The summed E-state index contributed by atoms with van der Waals surface area (Å²) in [5, 5.41) is 2.28. The molecule has 142 valence electrons. The molecule has 0 aliphatic heterocycles. The summed E-state index contributed by atoms with van der Waals surface area (Å²) >= 11 is 0. The molecule has 1 heterocycles. The topological polar surface area (TPSA) is 43.3 Å². The summed E-state index contributed by atoms with van der Waals surface area (Å²) in [6.45, 7) is 1.62. The van der Waals surface area contributed by atoms with Crippen molar-refractivity contribution < 1.29 is 22.7 Å². The van der Waals surface area contributed by atoms with Crippen molar-refractivity contribution >= 4 is 17.3 Å². The molecule has 2 unspecified atom stereocenters. The zero-order valence-electron chi connectivity index (χ0n) is 14.6. The van der Waals surface area contributed by atoms with Crippen molar-refractivity contribution in [3.8, 4) is 0 Å². The van der Waals surface area contributed by atoms with Crippen LogP contribution in [0.1, 0.15) is 12.5 Å². The molecule has 1 aromatic carbocycles. The largest absolute Gasteiger partial charge is 0.418 e. The maximum Gasteiger partial charge on any atom is 0.418 e. The van der Waals surface area contributed by atoms with Crippen LogP contribution in [0.4, 0.5) is 18.9 Å². The Kier molecular flexibility index (Phi) is 5.51. The van der Waals surface area contributed by atoms with Crippen LogP contribution < -0.4 is 5.32 Å². The molecular formula is C20H19F3N2O2. The molecule has 1 aliphatic carbocycles. The summed E-state index contributed by atoms with van der Waals surface area (Å²) in [5.41, 5.74) is -0.167. The van der Waals surface area contributed by atoms with Gasteiger partial charge in [-0.2, -0.15) is 13.2 Å². The van der Waals surface area contributed by atoms with E-state index in [1.807, 2.05) is 54.2 Å². The number of ether oxygens (including phenoxy) is 1. The van der Waals surface area contributed by atoms with Crippen LogP contribution in [0.2, 0.25) is 0 Å². The first-order valence-electron chi connectivity index (χ1n) is 8.45. The Morgan fingerprint density at radius 2 is 1.89 bits per heavy atom. The van der Waals surface area contributed by atoms with Crippen LogP contribution in [0, 0.1) is 5.92 Å². The van der Waals surface area contributed by atoms with Crippen LogP contribution >= 0.6 is 0 Å². The van der Waals surface area contributed by atoms with Crippen molar-refractivity contribution in [3.63, 3.8) is 0 Å². The molecule has 0 radical (unpaired) electrons. The second-order valence-corrected chi connectivity index (χ2v) is 6.27. The Morgan fingerprint density at radius 1 is 1.19 bits per heavy atom. The zero-order chi connectivity index (χ0) is 19.4. The highest BCUT2D eigenvalue weighted by molar-refractivity contribution is 5.92. The van der Waals surface area contributed by atoms with Gasteiger partial charge in [0.05, 0.1) is 17.4 Å². The van der Waals surface area contributed by atoms with E-state index in [-0.39, 0.29) is 24.3 Å². The van der Waals surface area contributed by atoms with Crippen molar-refractivity contribution in [2.75, 3.05) is 11.9 Å². The van der Waals surface area contributed by atoms with Gasteiger partial charge < -0.3 is 14.6 Å². The summed E-state index contributed by atoms with van der Waals surface area (Å²) in [7, 11) is 0. The van der Waals surface area contributed by atoms with Crippen LogP contribution in [-0.4, -0.2) is 23.2 Å². The third kappa shape index (κ3) is 4.68. The van der Waals surface area contributed by atoms with Gasteiger partial charge in [-0.1, -0.05) is 31.2 Å². The lowest BCUT2D eigenvalue weighted by Gasteiger charge is -2.23. The number of hydrogen-bond acceptors (Lipinski definition) is 2. The molecule has 1 N–H and O–H groups in total. The highest BCUT2D eigenvalue weighted by Gasteiger charge is 2.33. The molecular weight excluding hydrogens is 357 g/mol. The smallest absolute Gasteiger partial charge is 0.364 e. The number of allylic oxidation sites excluding steroid dienone is 2. The standard InChI is InChI=1S/C20H19F3N2O2/c1-14-12-15(25-10-4-5-11-25)8-9-18(14)27-13-19(26)24-17-7-3-2-6-16(17)20(21,22)23/h2-12,14,18H,13H2,1H3,(H,24,26). The fourth-order valence-corrected chi connectivity index (χ4v) is 2.87. The molecule has 1 aromatic heterocycles. The number of carbonyl (C=O) groups excluding carboxylic acids is 1. The lowest BCUT2D eigenvalue weighted by Crippen LogP contribution is -2.27. The lowest BCUT2D eigenvalue weighted by atomic mass is 9.98. The molecule has 0 spiro atoms. The maximum atomic E-state index is 13.0. The first-order valence-corrected chi connectivity index (χ1v) is 8.45. The van der Waals surface area contributed by atoms with Crippen molar-refractivity contribution in [1.29, 1.82) is 0 Å². The third-order valence-electron chi connectivity index (χ3n) is 4.22. The van der Waals surface area contributed by atoms with Gasteiger partial charge in [-0.25, -0.2) is 0 Å². The van der Waals surface area contributed by atoms with E-state index in [9.17, 15) is 18.0 Å². The van der Waals surface area contributed by atoms with Gasteiger partial charge in [0.25, 0.3) is 0 Å². The monoisotopic (exact) mass is 376 g/mol. The molecule has 4 nitrogen and oxygen atoms in total. The Hall–Kier alpha value is -2.80. The Morgan fingerprint density at radius 3 is 2.56 bits per heavy atom. The molecule has 2 aromatic rings. The van der Waals surface area contributed by atoms with E-state index in [1.165, 1.54) is 18.2 Å². The molecule has 27 heavy (non-hydrogen) atoms. The van der Waals surface area contributed by atoms with Crippen LogP contribution in [0.25, 0.3) is 5.70 Å². The van der Waals surface area contributed by atoms with Crippen molar-refractivity contribution in [2.45, 2.75) is 19.2 Å². The molecule has 0 fully saturated rings. The van der Waals surface area contributed by atoms with Gasteiger partial charge in [0.15, 0.2) is 0 Å². The minimum Gasteiger partial charge on any atom is -0.364 e. The number of nitrogens with one attached hydrogen (secondary N) is 1. The Labute approximate surface area is 154 Å². The van der Waals surface area contributed by atoms with E-state index in [0.717, 1.165) is 11.8 Å². The maximum absolute atomic E-state index is 13.0. The molecule has 1 aliphatic rings. The van der Waals surface area contributed by atoms with E-state index in [0.29, 0.717) is 0 Å². The van der Waals surface area contributed by atoms with Gasteiger partial charge in [-0.3, -0.25) is 4.79 Å². The van der Waals surface area contributed by atoms with E-state index in [2.05, 4.69) is 5.32 Å². The normalized spacial score (nSPS) is 19.6. The van der Waals surface area contributed by atoms with Gasteiger partial charge >= 0.3 is 6.18 Å². The summed E-state index contributed by atoms with van der Waals surface area (Å²) in [4.78, 5) is 12.0. The second-order valence-electron chi connectivity index (χ2n) is 6.27. The molecule has 0 saturated heterocycles. The molecule has 1 amide bonds. The van der Waals surface area contributed by atoms with E-state index in [4.69, 9.17) is 4.74 Å². The molecule has 0 saturated carbocycles. The number of carbonyl (C=O) groups is 1. The number of rotatable bonds is 5. The van der Waals surface area contributed by atoms with Crippen LogP contribution in [0.15, 0.2) is 67.0 Å². The number of para-hydroxylation sites is 1. The summed E-state index contributed by atoms with van der Waals surface area (Å²) in [5.74, 6) is -0.616. The van der Waals surface area contributed by atoms with Crippen molar-refractivity contribution in [2.24, 2.45) is 5.92 Å². The van der Waals surface area contributed by atoms with Crippen molar-refractivity contribution in [1.82, 2.24) is 4.57 Å². The van der Waals surface area contributed by atoms with Crippen molar-refractivity contribution in [3.05, 3.63) is 72.6 Å². The third-order valence-corrected chi connectivity index (χ3v) is 4.22. The number of halogens is 3.